The van der Waals surface area contributed by atoms with Crippen LogP contribution in [0.15, 0.2) is 35.4 Å². The molecular weight excluding hydrogens is 354 g/mol. The van der Waals surface area contributed by atoms with Crippen molar-refractivity contribution in [2.75, 3.05) is 13.7 Å². The maximum atomic E-state index is 11.8. The summed E-state index contributed by atoms with van der Waals surface area (Å²) in [7, 11) is 1.27. The van der Waals surface area contributed by atoms with Crippen LogP contribution in [0.2, 0.25) is 0 Å². The van der Waals surface area contributed by atoms with Gasteiger partial charge < -0.3 is 14.6 Å². The van der Waals surface area contributed by atoms with Crippen molar-refractivity contribution < 1.29 is 24.3 Å². The van der Waals surface area contributed by atoms with E-state index in [0.717, 1.165) is 17.2 Å². The molecule has 0 unspecified atom stereocenters. The number of rotatable bonds is 7. The summed E-state index contributed by atoms with van der Waals surface area (Å²) in [5.74, 6) is -0.550. The second kappa shape index (κ2) is 8.65. The Hall–Kier alpha value is -3.62. The Morgan fingerprint density at radius 3 is 2.67 bits per heavy atom. The van der Waals surface area contributed by atoms with Gasteiger partial charge in [0.1, 0.15) is 5.75 Å². The Bertz CT molecular complexity index is 895. The number of ether oxygens (including phenoxy) is 2. The molecule has 2 N–H and O–H groups in total. The summed E-state index contributed by atoms with van der Waals surface area (Å²) in [6, 6.07) is 8.06. The van der Waals surface area contributed by atoms with Gasteiger partial charge in [0, 0.05) is 11.6 Å². The van der Waals surface area contributed by atoms with Crippen LogP contribution in [0.1, 0.15) is 16.7 Å². The van der Waals surface area contributed by atoms with E-state index in [1.54, 1.807) is 6.07 Å². The molecule has 0 bridgehead atoms. The number of hydrogen-bond donors (Lipinski definition) is 2. The molecule has 0 atom stereocenters. The predicted octanol–water partition coefficient (Wildman–Crippen LogP) is 2.45. The number of nitrogens with one attached hydrogen (secondary N) is 1. The number of nitrogens with zero attached hydrogens (tertiary/aromatic N) is 2. The van der Waals surface area contributed by atoms with Gasteiger partial charge in [0.2, 0.25) is 5.75 Å². The summed E-state index contributed by atoms with van der Waals surface area (Å²) in [4.78, 5) is 22.0. The fourth-order valence-electron chi connectivity index (χ4n) is 2.30. The van der Waals surface area contributed by atoms with Gasteiger partial charge in [-0.2, -0.15) is 5.10 Å². The molecule has 2 rings (SSSR count). The van der Waals surface area contributed by atoms with Gasteiger partial charge in [-0.25, -0.2) is 5.43 Å². The molecule has 0 aromatic heterocycles. The van der Waals surface area contributed by atoms with Crippen molar-refractivity contribution in [2.24, 2.45) is 5.10 Å². The summed E-state index contributed by atoms with van der Waals surface area (Å²) >= 11 is 0. The molecular formula is C18H19N3O6. The topological polar surface area (TPSA) is 123 Å². The van der Waals surface area contributed by atoms with E-state index in [0.29, 0.717) is 5.75 Å². The predicted molar refractivity (Wildman–Crippen MR) is 98.5 cm³/mol. The third kappa shape index (κ3) is 5.18. The number of hydrazone groups is 1. The standard InChI is InChI=1S/C18H19N3O6/c1-11-4-5-15(12(2)6-11)27-10-17(22)20-19-9-13-7-14(21(24)25)18(23)16(8-13)26-3/h4-9,23H,10H2,1-3H3,(H,20,22)/b19-9+. The zero-order valence-electron chi connectivity index (χ0n) is 15.1. The Balaban J connectivity index is 1.99. The highest BCUT2D eigenvalue weighted by molar-refractivity contribution is 5.85. The van der Waals surface area contributed by atoms with Gasteiger partial charge in [-0.3, -0.25) is 14.9 Å². The number of phenolic OH excluding ortho intramolecular Hbond substituents is 1. The number of carbonyl (C=O) groups is 1. The fourth-order valence-corrected chi connectivity index (χ4v) is 2.30. The van der Waals surface area contributed by atoms with Crippen LogP contribution in [0.25, 0.3) is 0 Å². The minimum absolute atomic E-state index is 0.0739. The number of amides is 1. The van der Waals surface area contributed by atoms with Crippen molar-refractivity contribution in [1.29, 1.82) is 0 Å². The van der Waals surface area contributed by atoms with Gasteiger partial charge in [-0.05, 0) is 31.5 Å². The van der Waals surface area contributed by atoms with E-state index in [-0.39, 0.29) is 17.9 Å². The van der Waals surface area contributed by atoms with Crippen LogP contribution in [-0.4, -0.2) is 35.9 Å². The van der Waals surface area contributed by atoms with E-state index in [4.69, 9.17) is 9.47 Å². The molecule has 0 saturated carbocycles. The van der Waals surface area contributed by atoms with Crippen molar-refractivity contribution in [3.05, 3.63) is 57.1 Å². The molecule has 27 heavy (non-hydrogen) atoms. The lowest BCUT2D eigenvalue weighted by Crippen LogP contribution is -2.24. The molecule has 0 aliphatic rings. The number of methoxy groups -OCH3 is 1. The first-order valence-electron chi connectivity index (χ1n) is 7.89. The number of aromatic hydroxyl groups is 1. The second-order valence-corrected chi connectivity index (χ2v) is 5.70. The van der Waals surface area contributed by atoms with Crippen LogP contribution >= 0.6 is 0 Å². The van der Waals surface area contributed by atoms with Crippen molar-refractivity contribution in [3.8, 4) is 17.2 Å². The molecule has 0 radical (unpaired) electrons. The zero-order valence-corrected chi connectivity index (χ0v) is 15.1. The number of nitro groups is 1. The van der Waals surface area contributed by atoms with Crippen LogP contribution in [-0.2, 0) is 4.79 Å². The van der Waals surface area contributed by atoms with Crippen molar-refractivity contribution in [2.45, 2.75) is 13.8 Å². The number of nitro benzene ring substituents is 1. The van der Waals surface area contributed by atoms with Crippen LogP contribution in [0, 0.1) is 24.0 Å². The lowest BCUT2D eigenvalue weighted by molar-refractivity contribution is -0.386. The average molecular weight is 373 g/mol. The van der Waals surface area contributed by atoms with Crippen LogP contribution in [0.5, 0.6) is 17.2 Å². The molecule has 9 heteroatoms. The van der Waals surface area contributed by atoms with Crippen molar-refractivity contribution in [1.82, 2.24) is 5.43 Å². The van der Waals surface area contributed by atoms with Gasteiger partial charge in [-0.15, -0.1) is 0 Å². The maximum Gasteiger partial charge on any atom is 0.315 e. The Kier molecular flexibility index (Phi) is 6.32. The van der Waals surface area contributed by atoms with Crippen molar-refractivity contribution in [3.63, 3.8) is 0 Å². The maximum absolute atomic E-state index is 11.8. The highest BCUT2D eigenvalue weighted by Gasteiger charge is 2.19. The minimum atomic E-state index is -0.745. The van der Waals surface area contributed by atoms with Gasteiger partial charge in [-0.1, -0.05) is 17.7 Å². The largest absolute Gasteiger partial charge is 0.500 e. The zero-order chi connectivity index (χ0) is 20.0. The number of phenols is 1. The van der Waals surface area contributed by atoms with Gasteiger partial charge in [0.25, 0.3) is 5.91 Å². The number of aryl methyl sites for hydroxylation is 2. The number of carbonyl (C=O) groups excluding carboxylic acids is 1. The lowest BCUT2D eigenvalue weighted by atomic mass is 10.1. The second-order valence-electron chi connectivity index (χ2n) is 5.70. The molecule has 0 saturated heterocycles. The normalized spacial score (nSPS) is 10.6. The van der Waals surface area contributed by atoms with Crippen LogP contribution in [0.3, 0.4) is 0 Å². The molecule has 0 fully saturated rings. The van der Waals surface area contributed by atoms with Crippen molar-refractivity contribution >= 4 is 17.8 Å². The number of hydrogen-bond acceptors (Lipinski definition) is 7. The van der Waals surface area contributed by atoms with Crippen LogP contribution in [0.4, 0.5) is 5.69 Å². The third-order valence-corrected chi connectivity index (χ3v) is 3.59. The quantitative estimate of drug-likeness (QED) is 0.436. The summed E-state index contributed by atoms with van der Waals surface area (Å²) in [6.07, 6.45) is 1.20. The highest BCUT2D eigenvalue weighted by atomic mass is 16.6. The highest BCUT2D eigenvalue weighted by Crippen LogP contribution is 2.36. The third-order valence-electron chi connectivity index (χ3n) is 3.59. The molecule has 0 aliphatic carbocycles. The van der Waals surface area contributed by atoms with E-state index in [9.17, 15) is 20.0 Å². The minimum Gasteiger partial charge on any atom is -0.500 e. The van der Waals surface area contributed by atoms with E-state index in [1.807, 2.05) is 26.0 Å². The van der Waals surface area contributed by atoms with E-state index >= 15 is 0 Å². The molecule has 0 aliphatic heterocycles. The van der Waals surface area contributed by atoms with Gasteiger partial charge in [0.05, 0.1) is 18.2 Å². The summed E-state index contributed by atoms with van der Waals surface area (Å²) < 4.78 is 10.3. The summed E-state index contributed by atoms with van der Waals surface area (Å²) in [5.41, 5.74) is 4.01. The van der Waals surface area contributed by atoms with E-state index < -0.39 is 22.3 Å². The summed E-state index contributed by atoms with van der Waals surface area (Å²) in [5, 5.41) is 24.4. The van der Waals surface area contributed by atoms with Crippen LogP contribution < -0.4 is 14.9 Å². The Morgan fingerprint density at radius 1 is 1.30 bits per heavy atom. The molecule has 2 aromatic carbocycles. The summed E-state index contributed by atoms with van der Waals surface area (Å²) in [6.45, 7) is 3.60. The fraction of sp³-hybridized carbons (Fsp3) is 0.222. The Morgan fingerprint density at radius 2 is 2.04 bits per heavy atom. The average Bonchev–Trinajstić information content (AvgIpc) is 2.61. The molecule has 0 heterocycles. The van der Waals surface area contributed by atoms with E-state index in [1.165, 1.54) is 19.4 Å². The lowest BCUT2D eigenvalue weighted by Gasteiger charge is -2.08. The molecule has 9 nitrogen and oxygen atoms in total. The number of benzene rings is 2. The smallest absolute Gasteiger partial charge is 0.315 e. The first-order valence-corrected chi connectivity index (χ1v) is 7.89. The molecule has 1 amide bonds. The molecule has 2 aromatic rings. The van der Waals surface area contributed by atoms with Gasteiger partial charge >= 0.3 is 5.69 Å². The first kappa shape index (κ1) is 19.7. The Labute approximate surface area is 155 Å². The molecule has 142 valence electrons. The first-order chi connectivity index (χ1) is 12.8. The monoisotopic (exact) mass is 373 g/mol. The van der Waals surface area contributed by atoms with E-state index in [2.05, 4.69) is 10.5 Å². The SMILES string of the molecule is COc1cc(/C=N/NC(=O)COc2ccc(C)cc2C)cc([N+](=O)[O-])c1O. The van der Waals surface area contributed by atoms with Gasteiger partial charge in [0.15, 0.2) is 12.4 Å². The molecule has 0 spiro atoms.